The van der Waals surface area contributed by atoms with Crippen LogP contribution in [0.15, 0.2) is 60.1 Å². The number of nitrogens with zero attached hydrogens (tertiary/aromatic N) is 2. The Morgan fingerprint density at radius 2 is 2.03 bits per heavy atom. The van der Waals surface area contributed by atoms with Crippen molar-refractivity contribution >= 4 is 22.2 Å². The number of nitrogens with one attached hydrogen (secondary N) is 1. The van der Waals surface area contributed by atoms with E-state index in [9.17, 15) is 4.79 Å². The molecule has 0 saturated heterocycles. The van der Waals surface area contributed by atoms with Crippen molar-refractivity contribution in [2.75, 3.05) is 7.11 Å². The standard InChI is InChI=1S/C23H23N3O2S/c1-15-9-10-21(28-3)19(11-15)16(2)24-22(27)12-18-14-29-23-25-20(13-26(18)23)17-7-5-4-6-8-17/h4-11,13-14,16H,12H2,1-3H3,(H,24,27). The minimum absolute atomic E-state index is 0.0317. The van der Waals surface area contributed by atoms with Crippen molar-refractivity contribution in [3.05, 3.63) is 76.9 Å². The van der Waals surface area contributed by atoms with Gasteiger partial charge in [-0.2, -0.15) is 0 Å². The molecule has 4 rings (SSSR count). The average molecular weight is 406 g/mol. The monoisotopic (exact) mass is 405 g/mol. The minimum atomic E-state index is -0.144. The fourth-order valence-electron chi connectivity index (χ4n) is 3.43. The zero-order valence-electron chi connectivity index (χ0n) is 16.7. The second-order valence-corrected chi connectivity index (χ2v) is 7.92. The van der Waals surface area contributed by atoms with E-state index < -0.39 is 0 Å². The zero-order chi connectivity index (χ0) is 20.4. The van der Waals surface area contributed by atoms with Crippen molar-refractivity contribution in [2.24, 2.45) is 0 Å². The molecular weight excluding hydrogens is 382 g/mol. The highest BCUT2D eigenvalue weighted by Crippen LogP contribution is 2.27. The molecule has 0 fully saturated rings. The van der Waals surface area contributed by atoms with Crippen LogP contribution in [-0.2, 0) is 11.2 Å². The number of benzene rings is 2. The van der Waals surface area contributed by atoms with E-state index in [1.54, 1.807) is 18.4 Å². The summed E-state index contributed by atoms with van der Waals surface area (Å²) in [6, 6.07) is 15.9. The number of imidazole rings is 1. The third-order valence-electron chi connectivity index (χ3n) is 4.92. The van der Waals surface area contributed by atoms with Gasteiger partial charge in [-0.05, 0) is 19.9 Å². The van der Waals surface area contributed by atoms with Gasteiger partial charge in [-0.15, -0.1) is 11.3 Å². The molecule has 148 valence electrons. The summed E-state index contributed by atoms with van der Waals surface area (Å²) >= 11 is 1.55. The maximum absolute atomic E-state index is 12.7. The molecule has 0 aliphatic rings. The Hall–Kier alpha value is -3.12. The summed E-state index contributed by atoms with van der Waals surface area (Å²) in [6.07, 6.45) is 2.29. The number of carbonyl (C=O) groups is 1. The molecule has 1 N–H and O–H groups in total. The second kappa shape index (κ2) is 8.09. The first-order chi connectivity index (χ1) is 14.0. The van der Waals surface area contributed by atoms with Crippen LogP contribution in [0.3, 0.4) is 0 Å². The molecule has 2 aromatic heterocycles. The highest BCUT2D eigenvalue weighted by molar-refractivity contribution is 7.15. The molecule has 0 saturated carbocycles. The fraction of sp³-hybridized carbons (Fsp3) is 0.217. The minimum Gasteiger partial charge on any atom is -0.496 e. The van der Waals surface area contributed by atoms with Crippen molar-refractivity contribution in [1.29, 1.82) is 0 Å². The Bertz CT molecular complexity index is 1150. The molecule has 0 aliphatic carbocycles. The van der Waals surface area contributed by atoms with E-state index in [2.05, 4.69) is 16.4 Å². The van der Waals surface area contributed by atoms with Crippen LogP contribution in [0.25, 0.3) is 16.2 Å². The molecule has 0 bridgehead atoms. The highest BCUT2D eigenvalue weighted by Gasteiger charge is 2.17. The van der Waals surface area contributed by atoms with Gasteiger partial charge < -0.3 is 10.1 Å². The van der Waals surface area contributed by atoms with Crippen LogP contribution >= 0.6 is 11.3 Å². The van der Waals surface area contributed by atoms with Crippen LogP contribution in [-0.4, -0.2) is 22.4 Å². The predicted molar refractivity (Wildman–Crippen MR) is 116 cm³/mol. The Morgan fingerprint density at radius 1 is 1.24 bits per heavy atom. The summed E-state index contributed by atoms with van der Waals surface area (Å²) in [5.41, 5.74) is 5.02. The largest absolute Gasteiger partial charge is 0.496 e. The Balaban J connectivity index is 1.51. The van der Waals surface area contributed by atoms with Crippen molar-refractivity contribution < 1.29 is 9.53 Å². The molecule has 0 radical (unpaired) electrons. The van der Waals surface area contributed by atoms with Crippen LogP contribution < -0.4 is 10.1 Å². The summed E-state index contributed by atoms with van der Waals surface area (Å²) in [7, 11) is 1.65. The number of rotatable bonds is 6. The van der Waals surface area contributed by atoms with E-state index in [4.69, 9.17) is 4.74 Å². The number of hydrogen-bond donors (Lipinski definition) is 1. The van der Waals surface area contributed by atoms with Crippen molar-refractivity contribution in [1.82, 2.24) is 14.7 Å². The molecule has 1 atom stereocenters. The number of ether oxygens (including phenoxy) is 1. The number of aromatic nitrogens is 2. The van der Waals surface area contributed by atoms with Gasteiger partial charge in [0.1, 0.15) is 5.75 Å². The first-order valence-corrected chi connectivity index (χ1v) is 10.4. The topological polar surface area (TPSA) is 55.6 Å². The van der Waals surface area contributed by atoms with Gasteiger partial charge in [0.15, 0.2) is 4.96 Å². The molecule has 1 unspecified atom stereocenters. The molecule has 29 heavy (non-hydrogen) atoms. The zero-order valence-corrected chi connectivity index (χ0v) is 17.5. The van der Waals surface area contributed by atoms with Crippen molar-refractivity contribution in [3.63, 3.8) is 0 Å². The van der Waals surface area contributed by atoms with Crippen molar-refractivity contribution in [2.45, 2.75) is 26.3 Å². The Morgan fingerprint density at radius 3 is 2.79 bits per heavy atom. The van der Waals surface area contributed by atoms with Gasteiger partial charge in [-0.1, -0.05) is 48.0 Å². The number of methoxy groups -OCH3 is 1. The van der Waals surface area contributed by atoms with Gasteiger partial charge in [0.05, 0.1) is 25.3 Å². The maximum Gasteiger partial charge on any atom is 0.226 e. The first-order valence-electron chi connectivity index (χ1n) is 9.50. The van der Waals surface area contributed by atoms with Crippen LogP contribution in [0.5, 0.6) is 5.75 Å². The third kappa shape index (κ3) is 4.03. The number of hydrogen-bond acceptors (Lipinski definition) is 4. The van der Waals surface area contributed by atoms with E-state index in [0.29, 0.717) is 6.42 Å². The summed E-state index contributed by atoms with van der Waals surface area (Å²) in [5, 5.41) is 5.09. The molecule has 1 amide bonds. The molecule has 0 spiro atoms. The smallest absolute Gasteiger partial charge is 0.226 e. The number of carbonyl (C=O) groups excluding carboxylic acids is 1. The first kappa shape index (κ1) is 19.2. The Kier molecular flexibility index (Phi) is 5.36. The summed E-state index contributed by atoms with van der Waals surface area (Å²) in [6.45, 7) is 4.01. The van der Waals surface area contributed by atoms with E-state index in [0.717, 1.165) is 38.8 Å². The summed E-state index contributed by atoms with van der Waals surface area (Å²) in [5.74, 6) is 0.749. The Labute approximate surface area is 174 Å². The van der Waals surface area contributed by atoms with Crippen LogP contribution in [0.4, 0.5) is 0 Å². The maximum atomic E-state index is 12.7. The van der Waals surface area contributed by atoms with Gasteiger partial charge in [0.2, 0.25) is 5.91 Å². The van der Waals surface area contributed by atoms with Gasteiger partial charge >= 0.3 is 0 Å². The number of thiazole rings is 1. The fourth-order valence-corrected chi connectivity index (χ4v) is 4.30. The second-order valence-electron chi connectivity index (χ2n) is 7.08. The number of fused-ring (bicyclic) bond motifs is 1. The van der Waals surface area contributed by atoms with Gasteiger partial charge in [-0.25, -0.2) is 4.98 Å². The molecule has 2 heterocycles. The lowest BCUT2D eigenvalue weighted by atomic mass is 10.0. The molecule has 5 nitrogen and oxygen atoms in total. The van der Waals surface area contributed by atoms with E-state index in [1.807, 2.05) is 72.3 Å². The number of aryl methyl sites for hydroxylation is 1. The normalized spacial score (nSPS) is 12.1. The van der Waals surface area contributed by atoms with E-state index in [-0.39, 0.29) is 11.9 Å². The quantitative estimate of drug-likeness (QED) is 0.501. The van der Waals surface area contributed by atoms with E-state index >= 15 is 0 Å². The summed E-state index contributed by atoms with van der Waals surface area (Å²) in [4.78, 5) is 18.3. The molecule has 6 heteroatoms. The molecule has 4 aromatic rings. The lowest BCUT2D eigenvalue weighted by molar-refractivity contribution is -0.121. The van der Waals surface area contributed by atoms with Crippen LogP contribution in [0.1, 0.15) is 29.8 Å². The lowest BCUT2D eigenvalue weighted by Gasteiger charge is -2.18. The number of amides is 1. The highest BCUT2D eigenvalue weighted by atomic mass is 32.1. The van der Waals surface area contributed by atoms with Gasteiger partial charge in [0.25, 0.3) is 0 Å². The SMILES string of the molecule is COc1ccc(C)cc1C(C)NC(=O)Cc1csc2nc(-c3ccccc3)cn12. The lowest BCUT2D eigenvalue weighted by Crippen LogP contribution is -2.28. The van der Waals surface area contributed by atoms with Crippen LogP contribution in [0, 0.1) is 6.92 Å². The molecular formula is C23H23N3O2S. The summed E-state index contributed by atoms with van der Waals surface area (Å²) < 4.78 is 7.45. The van der Waals surface area contributed by atoms with Crippen LogP contribution in [0.2, 0.25) is 0 Å². The third-order valence-corrected chi connectivity index (χ3v) is 5.81. The van der Waals surface area contributed by atoms with E-state index in [1.165, 1.54) is 0 Å². The van der Waals surface area contributed by atoms with Gasteiger partial charge in [-0.3, -0.25) is 9.20 Å². The molecule has 2 aromatic carbocycles. The average Bonchev–Trinajstić information content (AvgIpc) is 3.30. The molecule has 0 aliphatic heterocycles. The predicted octanol–water partition coefficient (Wildman–Crippen LogP) is 4.80. The van der Waals surface area contributed by atoms with Gasteiger partial charge in [0, 0.05) is 28.4 Å². The van der Waals surface area contributed by atoms with Crippen molar-refractivity contribution in [3.8, 4) is 17.0 Å².